The highest BCUT2D eigenvalue weighted by Gasteiger charge is 2.31. The summed E-state index contributed by atoms with van der Waals surface area (Å²) in [6.45, 7) is 4.42. The second kappa shape index (κ2) is 11.4. The summed E-state index contributed by atoms with van der Waals surface area (Å²) >= 11 is 0. The zero-order chi connectivity index (χ0) is 26.4. The Morgan fingerprint density at radius 1 is 1.03 bits per heavy atom. The van der Waals surface area contributed by atoms with Crippen molar-refractivity contribution < 1.29 is 28.5 Å². The molecular formula is C29H28N2O6. The molecule has 1 heterocycles. The van der Waals surface area contributed by atoms with Gasteiger partial charge in [-0.05, 0) is 41.8 Å². The number of allylic oxidation sites excluding steroid dienone is 1. The Kier molecular flexibility index (Phi) is 7.84. The van der Waals surface area contributed by atoms with Gasteiger partial charge < -0.3 is 29.4 Å². The van der Waals surface area contributed by atoms with Crippen molar-refractivity contribution in [2.45, 2.75) is 19.8 Å². The number of carbonyl (C=O) groups excluding carboxylic acids is 1. The number of benzene rings is 3. The van der Waals surface area contributed by atoms with Crippen LogP contribution in [0.2, 0.25) is 0 Å². The van der Waals surface area contributed by atoms with E-state index in [0.717, 1.165) is 5.56 Å². The van der Waals surface area contributed by atoms with Crippen LogP contribution in [0.15, 0.2) is 78.2 Å². The number of para-hydroxylation sites is 1. The van der Waals surface area contributed by atoms with Gasteiger partial charge in [-0.25, -0.2) is 4.79 Å². The van der Waals surface area contributed by atoms with Crippen molar-refractivity contribution in [1.29, 1.82) is 5.26 Å². The predicted octanol–water partition coefficient (Wildman–Crippen LogP) is 4.93. The van der Waals surface area contributed by atoms with Crippen molar-refractivity contribution in [1.82, 2.24) is 0 Å². The molecule has 0 radical (unpaired) electrons. The van der Waals surface area contributed by atoms with Crippen molar-refractivity contribution in [3.8, 4) is 34.8 Å². The highest BCUT2D eigenvalue weighted by Crippen LogP contribution is 2.45. The largest absolute Gasteiger partial charge is 0.493 e. The number of ether oxygens (including phenoxy) is 5. The molecule has 1 aliphatic heterocycles. The van der Waals surface area contributed by atoms with E-state index in [1.807, 2.05) is 36.4 Å². The molecule has 0 fully saturated rings. The molecule has 4 rings (SSSR count). The van der Waals surface area contributed by atoms with Crippen LogP contribution in [-0.2, 0) is 4.79 Å². The molecule has 37 heavy (non-hydrogen) atoms. The van der Waals surface area contributed by atoms with Crippen molar-refractivity contribution in [2.24, 2.45) is 11.7 Å². The molecule has 0 bridgehead atoms. The fourth-order valence-electron chi connectivity index (χ4n) is 3.90. The number of nitrogens with two attached hydrogens (primary N) is 1. The van der Waals surface area contributed by atoms with Crippen LogP contribution in [-0.4, -0.2) is 26.3 Å². The average Bonchev–Trinajstić information content (AvgIpc) is 2.90. The highest BCUT2D eigenvalue weighted by molar-refractivity contribution is 5.74. The Labute approximate surface area is 215 Å². The van der Waals surface area contributed by atoms with Crippen molar-refractivity contribution in [3.63, 3.8) is 0 Å². The second-order valence-corrected chi connectivity index (χ2v) is 8.82. The van der Waals surface area contributed by atoms with E-state index in [-0.39, 0.29) is 23.8 Å². The van der Waals surface area contributed by atoms with E-state index in [2.05, 4.69) is 19.9 Å². The molecule has 3 aromatic rings. The molecule has 1 aliphatic rings. The molecule has 2 N–H and O–H groups in total. The Bertz CT molecular complexity index is 1340. The predicted molar refractivity (Wildman–Crippen MR) is 137 cm³/mol. The zero-order valence-corrected chi connectivity index (χ0v) is 20.9. The van der Waals surface area contributed by atoms with E-state index in [4.69, 9.17) is 29.4 Å². The molecule has 0 aliphatic carbocycles. The van der Waals surface area contributed by atoms with Gasteiger partial charge in [0.1, 0.15) is 28.9 Å². The Balaban J connectivity index is 1.58. The van der Waals surface area contributed by atoms with Crippen LogP contribution < -0.4 is 29.4 Å². The molecule has 0 spiro atoms. The van der Waals surface area contributed by atoms with Crippen molar-refractivity contribution in [3.05, 3.63) is 89.3 Å². The third kappa shape index (κ3) is 5.96. The minimum Gasteiger partial charge on any atom is -0.493 e. The van der Waals surface area contributed by atoms with E-state index in [0.29, 0.717) is 41.1 Å². The van der Waals surface area contributed by atoms with Crippen LogP contribution in [0.1, 0.15) is 30.9 Å². The first kappa shape index (κ1) is 25.5. The number of nitriles is 1. The van der Waals surface area contributed by atoms with E-state index >= 15 is 0 Å². The van der Waals surface area contributed by atoms with Crippen LogP contribution in [0, 0.1) is 17.2 Å². The summed E-state index contributed by atoms with van der Waals surface area (Å²) in [4.78, 5) is 12.3. The van der Waals surface area contributed by atoms with Gasteiger partial charge in [-0.15, -0.1) is 0 Å². The minimum atomic E-state index is -0.570. The molecule has 0 aromatic heterocycles. The van der Waals surface area contributed by atoms with Gasteiger partial charge in [-0.2, -0.15) is 5.26 Å². The average molecular weight is 501 g/mol. The third-order valence-corrected chi connectivity index (χ3v) is 5.62. The summed E-state index contributed by atoms with van der Waals surface area (Å²) in [7, 11) is 1.57. The Morgan fingerprint density at radius 2 is 1.81 bits per heavy atom. The van der Waals surface area contributed by atoms with Crippen LogP contribution >= 0.6 is 0 Å². The summed E-state index contributed by atoms with van der Waals surface area (Å²) in [5, 5.41) is 9.86. The topological polar surface area (TPSA) is 113 Å². The first-order valence-electron chi connectivity index (χ1n) is 11.8. The summed E-state index contributed by atoms with van der Waals surface area (Å²) in [6.07, 6.45) is 0. The molecule has 1 unspecified atom stereocenters. The fourth-order valence-corrected chi connectivity index (χ4v) is 3.90. The highest BCUT2D eigenvalue weighted by atomic mass is 16.6. The van der Waals surface area contributed by atoms with E-state index in [1.165, 1.54) is 0 Å². The fraction of sp³-hybridized carbons (Fsp3) is 0.241. The van der Waals surface area contributed by atoms with Gasteiger partial charge in [-0.1, -0.05) is 44.2 Å². The monoisotopic (exact) mass is 500 g/mol. The molecule has 1 atom stereocenters. The van der Waals surface area contributed by atoms with Gasteiger partial charge in [0.05, 0.1) is 19.6 Å². The minimum absolute atomic E-state index is 0.0185. The first-order valence-corrected chi connectivity index (χ1v) is 11.8. The maximum atomic E-state index is 12.3. The van der Waals surface area contributed by atoms with Crippen LogP contribution in [0.5, 0.6) is 28.7 Å². The number of nitrogens with zero attached hydrogens (tertiary/aromatic N) is 1. The molecular weight excluding hydrogens is 472 g/mol. The van der Waals surface area contributed by atoms with E-state index in [9.17, 15) is 10.1 Å². The van der Waals surface area contributed by atoms with Gasteiger partial charge >= 0.3 is 5.97 Å². The lowest BCUT2D eigenvalue weighted by Crippen LogP contribution is -2.22. The SMILES string of the molecule is COc1cc(C2C(C#N)=C(N)Oc3cc(OC(=O)COc4ccccc4)ccc32)ccc1OCC(C)C. The molecule has 190 valence electrons. The maximum absolute atomic E-state index is 12.3. The standard InChI is InChI=1S/C29H28N2O6/c1-18(2)16-35-24-12-9-19(13-26(24)33-3)28-22-11-10-21(14-25(22)37-29(31)23(28)15-30)36-27(32)17-34-20-7-5-4-6-8-20/h4-14,18,28H,16-17,31H2,1-3H3. The lowest BCUT2D eigenvalue weighted by Gasteiger charge is -2.27. The molecule has 8 heteroatoms. The van der Waals surface area contributed by atoms with Gasteiger partial charge in [-0.3, -0.25) is 0 Å². The van der Waals surface area contributed by atoms with Gasteiger partial charge in [0.15, 0.2) is 18.1 Å². The van der Waals surface area contributed by atoms with E-state index in [1.54, 1.807) is 37.4 Å². The number of hydrogen-bond acceptors (Lipinski definition) is 8. The molecule has 0 saturated carbocycles. The van der Waals surface area contributed by atoms with Gasteiger partial charge in [0, 0.05) is 11.6 Å². The molecule has 8 nitrogen and oxygen atoms in total. The maximum Gasteiger partial charge on any atom is 0.349 e. The second-order valence-electron chi connectivity index (χ2n) is 8.82. The number of methoxy groups -OCH3 is 1. The lowest BCUT2D eigenvalue weighted by molar-refractivity contribution is -0.136. The number of carbonyl (C=O) groups is 1. The number of rotatable bonds is 9. The van der Waals surface area contributed by atoms with Crippen LogP contribution in [0.25, 0.3) is 0 Å². The normalized spacial score (nSPS) is 14.3. The lowest BCUT2D eigenvalue weighted by atomic mass is 9.83. The molecule has 3 aromatic carbocycles. The molecule has 0 saturated heterocycles. The Morgan fingerprint density at radius 3 is 2.51 bits per heavy atom. The summed E-state index contributed by atoms with van der Waals surface area (Å²) in [5.74, 6) is 1.63. The zero-order valence-electron chi connectivity index (χ0n) is 20.9. The smallest absolute Gasteiger partial charge is 0.349 e. The first-order chi connectivity index (χ1) is 17.9. The van der Waals surface area contributed by atoms with Crippen molar-refractivity contribution in [2.75, 3.05) is 20.3 Å². The number of fused-ring (bicyclic) bond motifs is 1. The van der Waals surface area contributed by atoms with Gasteiger partial charge in [0.25, 0.3) is 0 Å². The van der Waals surface area contributed by atoms with E-state index < -0.39 is 11.9 Å². The van der Waals surface area contributed by atoms with Crippen LogP contribution in [0.4, 0.5) is 0 Å². The quantitative estimate of drug-likeness (QED) is 0.325. The number of esters is 1. The van der Waals surface area contributed by atoms with Gasteiger partial charge in [0.2, 0.25) is 5.88 Å². The summed E-state index contributed by atoms with van der Waals surface area (Å²) in [6, 6.07) is 21.6. The summed E-state index contributed by atoms with van der Waals surface area (Å²) < 4.78 is 28.0. The number of hydrogen-bond donors (Lipinski definition) is 1. The third-order valence-electron chi connectivity index (χ3n) is 5.62. The molecule has 0 amide bonds. The Hall–Kier alpha value is -4.64. The van der Waals surface area contributed by atoms with Crippen LogP contribution in [0.3, 0.4) is 0 Å². The summed E-state index contributed by atoms with van der Waals surface area (Å²) in [5.41, 5.74) is 7.87. The van der Waals surface area contributed by atoms with Crippen molar-refractivity contribution >= 4 is 5.97 Å².